The number of rotatable bonds is 9. The number of hydrogen-bond acceptors (Lipinski definition) is 6. The van der Waals surface area contributed by atoms with Gasteiger partial charge in [-0.2, -0.15) is 5.10 Å². The summed E-state index contributed by atoms with van der Waals surface area (Å²) in [5, 5.41) is 22.8. The van der Waals surface area contributed by atoms with Crippen LogP contribution in [0, 0.1) is 13.8 Å². The molecule has 2 aromatic heterocycles. The van der Waals surface area contributed by atoms with Crippen molar-refractivity contribution < 1.29 is 13.5 Å². The number of guanidine groups is 1. The highest BCUT2D eigenvalue weighted by molar-refractivity contribution is 7.93. The zero-order chi connectivity index (χ0) is 21.6. The third kappa shape index (κ3) is 6.55. The van der Waals surface area contributed by atoms with Crippen LogP contribution in [-0.4, -0.2) is 60.3 Å². The molecule has 2 rings (SSSR count). The first kappa shape index (κ1) is 23.4. The van der Waals surface area contributed by atoms with E-state index in [0.717, 1.165) is 29.1 Å². The second-order valence-corrected chi connectivity index (χ2v) is 10.3. The van der Waals surface area contributed by atoms with Crippen molar-refractivity contribution in [2.75, 3.05) is 18.8 Å². The number of aliphatic imine (C=N–C) groups is 1. The summed E-state index contributed by atoms with van der Waals surface area (Å²) in [4.78, 5) is 4.37. The van der Waals surface area contributed by atoms with Gasteiger partial charge in [-0.25, -0.2) is 8.42 Å². The minimum atomic E-state index is -3.50. The van der Waals surface area contributed by atoms with E-state index >= 15 is 0 Å². The van der Waals surface area contributed by atoms with Crippen LogP contribution in [0.2, 0.25) is 0 Å². The minimum absolute atomic E-state index is 0.00237. The molecule has 0 radical (unpaired) electrons. The van der Waals surface area contributed by atoms with Gasteiger partial charge in [0.1, 0.15) is 4.21 Å². The summed E-state index contributed by atoms with van der Waals surface area (Å²) < 4.78 is 26.7. The quantitative estimate of drug-likeness (QED) is 0.401. The molecule has 2 atom stereocenters. The van der Waals surface area contributed by atoms with Gasteiger partial charge in [-0.15, -0.1) is 11.3 Å². The first-order valence-corrected chi connectivity index (χ1v) is 12.2. The Morgan fingerprint density at radius 3 is 2.69 bits per heavy atom. The van der Waals surface area contributed by atoms with Gasteiger partial charge in [-0.1, -0.05) is 6.07 Å². The highest BCUT2D eigenvalue weighted by Crippen LogP contribution is 2.18. The summed E-state index contributed by atoms with van der Waals surface area (Å²) >= 11 is 1.15. The lowest BCUT2D eigenvalue weighted by molar-refractivity contribution is 0.206. The summed E-state index contributed by atoms with van der Waals surface area (Å²) in [6.45, 7) is 8.71. The Hall–Kier alpha value is -1.91. The molecule has 2 unspecified atom stereocenters. The van der Waals surface area contributed by atoms with E-state index in [1.54, 1.807) is 17.5 Å². The molecule has 0 aliphatic heterocycles. The van der Waals surface area contributed by atoms with E-state index < -0.39 is 15.9 Å². The van der Waals surface area contributed by atoms with Crippen molar-refractivity contribution in [1.82, 2.24) is 20.4 Å². The second kappa shape index (κ2) is 10.2. The Morgan fingerprint density at radius 2 is 2.14 bits per heavy atom. The zero-order valence-corrected chi connectivity index (χ0v) is 19.3. The fourth-order valence-electron chi connectivity index (χ4n) is 3.05. The number of hydrogen-bond donors (Lipinski definition) is 3. The standard InChI is InChI=1S/C19H31N5O3S2/c1-6-20-19(22-13(2)10-17-14(3)23-24(5)15(17)4)21-11-16(25)12-29(26,27)18-8-7-9-28-18/h7-9,13,16,25H,6,10-12H2,1-5H3,(H2,20,21,22). The van der Waals surface area contributed by atoms with Gasteiger partial charge in [0.2, 0.25) is 0 Å². The Bertz CT molecular complexity index is 920. The number of sulfone groups is 1. The average Bonchev–Trinajstić information content (AvgIpc) is 3.25. The summed E-state index contributed by atoms with van der Waals surface area (Å²) in [5.41, 5.74) is 3.34. The fourth-order valence-corrected chi connectivity index (χ4v) is 5.52. The number of aryl methyl sites for hydroxylation is 2. The highest BCUT2D eigenvalue weighted by Gasteiger charge is 2.21. The molecule has 0 bridgehead atoms. The third-order valence-electron chi connectivity index (χ3n) is 4.57. The smallest absolute Gasteiger partial charge is 0.191 e. The summed E-state index contributed by atoms with van der Waals surface area (Å²) in [6.07, 6.45) is -0.290. The van der Waals surface area contributed by atoms with Gasteiger partial charge in [0, 0.05) is 25.3 Å². The third-order valence-corrected chi connectivity index (χ3v) is 7.85. The van der Waals surface area contributed by atoms with Crippen molar-refractivity contribution in [3.05, 3.63) is 34.5 Å². The van der Waals surface area contributed by atoms with Crippen LogP contribution in [0.25, 0.3) is 0 Å². The Morgan fingerprint density at radius 1 is 1.41 bits per heavy atom. The number of nitrogens with zero attached hydrogens (tertiary/aromatic N) is 3. The molecule has 8 nitrogen and oxygen atoms in total. The number of nitrogens with one attached hydrogen (secondary N) is 2. The van der Waals surface area contributed by atoms with Crippen molar-refractivity contribution in [2.45, 2.75) is 50.5 Å². The van der Waals surface area contributed by atoms with E-state index in [1.165, 1.54) is 5.56 Å². The summed E-state index contributed by atoms with van der Waals surface area (Å²) in [5.74, 6) is 0.201. The van der Waals surface area contributed by atoms with Gasteiger partial charge in [-0.05, 0) is 51.1 Å². The van der Waals surface area contributed by atoms with Crippen LogP contribution < -0.4 is 10.6 Å². The van der Waals surface area contributed by atoms with Crippen LogP contribution in [-0.2, 0) is 23.3 Å². The first-order valence-electron chi connectivity index (χ1n) is 9.62. The van der Waals surface area contributed by atoms with Crippen molar-refractivity contribution in [3.63, 3.8) is 0 Å². The number of thiophene rings is 1. The zero-order valence-electron chi connectivity index (χ0n) is 17.6. The molecule has 0 amide bonds. The van der Waals surface area contributed by atoms with Crippen molar-refractivity contribution >= 4 is 27.1 Å². The highest BCUT2D eigenvalue weighted by atomic mass is 32.2. The van der Waals surface area contributed by atoms with Gasteiger partial charge < -0.3 is 15.7 Å². The van der Waals surface area contributed by atoms with Gasteiger partial charge >= 0.3 is 0 Å². The molecule has 162 valence electrons. The largest absolute Gasteiger partial charge is 0.390 e. The molecule has 0 aromatic carbocycles. The molecule has 0 spiro atoms. The van der Waals surface area contributed by atoms with E-state index in [1.807, 2.05) is 32.5 Å². The van der Waals surface area contributed by atoms with E-state index in [-0.39, 0.29) is 22.5 Å². The fraction of sp³-hybridized carbons (Fsp3) is 0.579. The number of aliphatic hydroxyl groups excluding tert-OH is 1. The van der Waals surface area contributed by atoms with E-state index in [4.69, 9.17) is 0 Å². The lowest BCUT2D eigenvalue weighted by Crippen LogP contribution is -2.43. The molecule has 2 aromatic rings. The van der Waals surface area contributed by atoms with Crippen LogP contribution in [0.3, 0.4) is 0 Å². The lowest BCUT2D eigenvalue weighted by Gasteiger charge is -2.19. The Labute approximate surface area is 177 Å². The molecule has 0 saturated heterocycles. The van der Waals surface area contributed by atoms with Gasteiger partial charge in [0.15, 0.2) is 15.8 Å². The molecular weight excluding hydrogens is 410 g/mol. The van der Waals surface area contributed by atoms with Crippen molar-refractivity contribution in [1.29, 1.82) is 0 Å². The normalized spacial score (nSPS) is 14.6. The SMILES string of the molecule is CCNC(=NCC(O)CS(=O)(=O)c1cccs1)NC(C)Cc1c(C)nn(C)c1C. The average molecular weight is 442 g/mol. The van der Waals surface area contributed by atoms with E-state index in [2.05, 4.69) is 27.6 Å². The van der Waals surface area contributed by atoms with Crippen LogP contribution in [0.5, 0.6) is 0 Å². The van der Waals surface area contributed by atoms with Crippen molar-refractivity contribution in [3.8, 4) is 0 Å². The molecule has 3 N–H and O–H groups in total. The molecule has 0 saturated carbocycles. The van der Waals surface area contributed by atoms with Gasteiger partial charge in [0.05, 0.1) is 24.1 Å². The van der Waals surface area contributed by atoms with Crippen molar-refractivity contribution in [2.24, 2.45) is 12.0 Å². The predicted octanol–water partition coefficient (Wildman–Crippen LogP) is 1.42. The molecule has 10 heteroatoms. The molecule has 2 heterocycles. The number of aromatic nitrogens is 2. The summed E-state index contributed by atoms with van der Waals surface area (Å²) in [6, 6.07) is 3.31. The maximum absolute atomic E-state index is 12.3. The van der Waals surface area contributed by atoms with Crippen LogP contribution >= 0.6 is 11.3 Å². The van der Waals surface area contributed by atoms with Crippen LogP contribution in [0.4, 0.5) is 0 Å². The van der Waals surface area contributed by atoms with Gasteiger partial charge in [0.25, 0.3) is 0 Å². The lowest BCUT2D eigenvalue weighted by atomic mass is 10.1. The Kier molecular flexibility index (Phi) is 8.23. The van der Waals surface area contributed by atoms with E-state index in [0.29, 0.717) is 12.5 Å². The molecule has 29 heavy (non-hydrogen) atoms. The van der Waals surface area contributed by atoms with Crippen LogP contribution in [0.15, 0.2) is 26.7 Å². The summed E-state index contributed by atoms with van der Waals surface area (Å²) in [7, 11) is -1.57. The monoisotopic (exact) mass is 441 g/mol. The Balaban J connectivity index is 1.98. The molecule has 0 aliphatic rings. The topological polar surface area (TPSA) is 109 Å². The molecule has 0 fully saturated rings. The van der Waals surface area contributed by atoms with Crippen LogP contribution in [0.1, 0.15) is 30.8 Å². The molecule has 0 aliphatic carbocycles. The second-order valence-electron chi connectivity index (χ2n) is 7.11. The number of aliphatic hydroxyl groups is 1. The maximum atomic E-state index is 12.3. The molecular formula is C19H31N5O3S2. The maximum Gasteiger partial charge on any atom is 0.191 e. The minimum Gasteiger partial charge on any atom is -0.390 e. The van der Waals surface area contributed by atoms with E-state index in [9.17, 15) is 13.5 Å². The first-order chi connectivity index (χ1) is 13.6. The predicted molar refractivity (Wildman–Crippen MR) is 117 cm³/mol. The van der Waals surface area contributed by atoms with Gasteiger partial charge in [-0.3, -0.25) is 9.67 Å².